The van der Waals surface area contributed by atoms with Gasteiger partial charge in [0.05, 0.1) is 56.0 Å². The average molecular weight is 1610 g/mol. The predicted octanol–water partition coefficient (Wildman–Crippen LogP) is -3.27. The first kappa shape index (κ1) is 86.8. The third kappa shape index (κ3) is 17.7. The van der Waals surface area contributed by atoms with Gasteiger partial charge >= 0.3 is 0 Å². The molecule has 41 heteroatoms. The molecule has 35 atom stereocenters. The highest BCUT2D eigenvalue weighted by molar-refractivity contribution is 7.87. The van der Waals surface area contributed by atoms with Gasteiger partial charge in [-0.15, -0.1) is 0 Å². The van der Waals surface area contributed by atoms with Crippen molar-refractivity contribution in [3.8, 4) is 11.1 Å². The van der Waals surface area contributed by atoms with Gasteiger partial charge in [-0.2, -0.15) is 16.8 Å². The van der Waals surface area contributed by atoms with E-state index in [9.17, 15) is 42.4 Å². The van der Waals surface area contributed by atoms with Crippen LogP contribution in [-0.2, 0) is 161 Å². The van der Waals surface area contributed by atoms with E-state index in [4.69, 9.17) is 141 Å². The van der Waals surface area contributed by atoms with E-state index in [1.807, 2.05) is 0 Å². The van der Waals surface area contributed by atoms with Crippen LogP contribution in [0.3, 0.4) is 0 Å². The lowest BCUT2D eigenvalue weighted by atomic mass is 9.94. The lowest BCUT2D eigenvalue weighted by Crippen LogP contribution is -2.69. The maximum atomic E-state index is 14.6. The smallest absolute Gasteiger partial charge is 0.297 e. The molecule has 622 valence electrons. The van der Waals surface area contributed by atoms with Crippen LogP contribution in [0.1, 0.15) is 0 Å². The predicted molar refractivity (Wildman–Crippen MR) is 359 cm³/mol. The van der Waals surface area contributed by atoms with Gasteiger partial charge in [-0.25, -0.2) is 0 Å². The number of hydrogen-bond donors (Lipinski definition) is 5. The standard InChI is InChI=1S/C68H104O39S2/c1-78-48-41-34(23-69)94-62(55(48)85-8)102-42-35(24-70)97-65(58(88-11)49(42)79-2)106-46-39-28-92-108(74,75)32-19-15-30(16-20-32)31-17-21-33(22-18-31)109(76,77)93-29-40-47(54(84-7)60(90-13)67(99-40)104-44-37(26-72)95-63(101-41)56(86-9)51(44)81-4)107-66-59(89-12)50(80-3)43(36(25-71)98-66)103-64-57(87-10)52(82-5)45(38(27-73)96-64)105-68(100-39)61(91-14)53(46)83-6/h15-22,34-73H,23-29H2,1-14H3/t34-,35-,36-,37-,38-,39-,40-,41-,42-,43-,44-,45-,46-,47-,48+,49+,50+,51+,52+,53+,54+,55-,56-,57-,58-,59-,60-,61-,62-,63-,64-,65-,66-,67-,68-/m1/s1. The van der Waals surface area contributed by atoms with E-state index < -0.39 is 281 Å². The third-order valence-corrected chi connectivity index (χ3v) is 23.9. The van der Waals surface area contributed by atoms with Crippen LogP contribution in [0.25, 0.3) is 11.1 Å². The highest BCUT2D eigenvalue weighted by Crippen LogP contribution is 2.44. The molecule has 15 fully saturated rings. The molecule has 0 amide bonds. The lowest BCUT2D eigenvalue weighted by molar-refractivity contribution is -0.402. The van der Waals surface area contributed by atoms with Crippen molar-refractivity contribution in [1.82, 2.24) is 0 Å². The van der Waals surface area contributed by atoms with E-state index in [1.165, 1.54) is 148 Å². The van der Waals surface area contributed by atoms with Crippen LogP contribution in [0.2, 0.25) is 0 Å². The summed E-state index contributed by atoms with van der Waals surface area (Å²) in [6.07, 6.45) is -49.3. The molecule has 30 rings (SSSR count). The highest BCUT2D eigenvalue weighted by Gasteiger charge is 2.62. The first-order valence-electron chi connectivity index (χ1n) is 35.3. The minimum absolute atomic E-state index is 0.331. The van der Waals surface area contributed by atoms with Crippen LogP contribution in [0, 0.1) is 0 Å². The topological polar surface area (TPSA) is 446 Å². The summed E-state index contributed by atoms with van der Waals surface area (Å²) < 4.78 is 251. The third-order valence-electron chi connectivity index (χ3n) is 21.3. The highest BCUT2D eigenvalue weighted by atomic mass is 32.2. The molecule has 20 bridgehead atoms. The molecule has 39 nitrogen and oxygen atoms in total. The number of rotatable bonds is 19. The van der Waals surface area contributed by atoms with Crippen molar-refractivity contribution >= 4 is 20.2 Å². The molecule has 2 aromatic carbocycles. The summed E-state index contributed by atoms with van der Waals surface area (Å²) in [6, 6.07) is 11.0. The van der Waals surface area contributed by atoms with Gasteiger partial charge in [0.15, 0.2) is 44.0 Å². The van der Waals surface area contributed by atoms with E-state index >= 15 is 0 Å². The molecule has 0 aliphatic carbocycles. The number of aliphatic hydroxyl groups excluding tert-OH is 5. The van der Waals surface area contributed by atoms with Crippen LogP contribution in [0.15, 0.2) is 58.3 Å². The normalized spacial score (nSPS) is 44.3. The molecule has 0 spiro atoms. The zero-order valence-electron chi connectivity index (χ0n) is 62.7. The summed E-state index contributed by atoms with van der Waals surface area (Å²) in [7, 11) is 8.99. The van der Waals surface area contributed by atoms with Crippen molar-refractivity contribution in [2.45, 2.75) is 225 Å². The van der Waals surface area contributed by atoms with E-state index in [-0.39, 0.29) is 9.79 Å². The Morgan fingerprint density at radius 1 is 0.257 bits per heavy atom. The summed E-state index contributed by atoms with van der Waals surface area (Å²) in [5.74, 6) is 0. The Labute approximate surface area is 631 Å². The van der Waals surface area contributed by atoms with Crippen molar-refractivity contribution in [2.75, 3.05) is 146 Å². The molecule has 28 heterocycles. The molecule has 109 heavy (non-hydrogen) atoms. The Morgan fingerprint density at radius 3 is 0.615 bits per heavy atom. The van der Waals surface area contributed by atoms with Crippen molar-refractivity contribution in [3.63, 3.8) is 0 Å². The van der Waals surface area contributed by atoms with Crippen molar-refractivity contribution in [1.29, 1.82) is 0 Å². The molecular weight excluding hydrogens is 1500 g/mol. The van der Waals surface area contributed by atoms with Gasteiger partial charge in [0.2, 0.25) is 0 Å². The molecule has 0 unspecified atom stereocenters. The molecule has 2 aromatic rings. The molecule has 15 saturated heterocycles. The zero-order valence-corrected chi connectivity index (χ0v) is 64.3. The summed E-state index contributed by atoms with van der Waals surface area (Å²) in [4.78, 5) is -0.665. The number of aliphatic hydroxyl groups is 5. The molecule has 0 radical (unpaired) electrons. The van der Waals surface area contributed by atoms with Crippen molar-refractivity contribution in [3.05, 3.63) is 48.5 Å². The Morgan fingerprint density at radius 2 is 0.431 bits per heavy atom. The van der Waals surface area contributed by atoms with Gasteiger partial charge in [-0.05, 0) is 35.4 Å². The van der Waals surface area contributed by atoms with Gasteiger partial charge in [0.1, 0.15) is 171 Å². The largest absolute Gasteiger partial charge is 0.394 e. The fourth-order valence-electron chi connectivity index (χ4n) is 15.8. The average Bonchev–Trinajstić information content (AvgIpc) is 0.779. The molecule has 0 aromatic heterocycles. The maximum Gasteiger partial charge on any atom is 0.297 e. The van der Waals surface area contributed by atoms with E-state index in [2.05, 4.69) is 0 Å². The summed E-state index contributed by atoms with van der Waals surface area (Å²) in [6.45, 7) is -5.65. The summed E-state index contributed by atoms with van der Waals surface area (Å²) in [5.41, 5.74) is 0.875. The lowest BCUT2D eigenvalue weighted by Gasteiger charge is -2.52. The molecule has 28 aliphatic heterocycles. The Bertz CT molecular complexity index is 3330. The second-order valence-corrected chi connectivity index (χ2v) is 30.0. The van der Waals surface area contributed by atoms with Crippen LogP contribution in [0.4, 0.5) is 0 Å². The second-order valence-electron chi connectivity index (χ2n) is 26.7. The fourth-order valence-corrected chi connectivity index (χ4v) is 17.7. The Balaban J connectivity index is 1.08. The summed E-state index contributed by atoms with van der Waals surface area (Å²) in [5, 5.41) is 56.8. The molecular formula is C68H104O39S2. The van der Waals surface area contributed by atoms with E-state index in [0.717, 1.165) is 0 Å². The first-order chi connectivity index (χ1) is 52.7. The number of benzene rings is 2. The van der Waals surface area contributed by atoms with Gasteiger partial charge in [-0.1, -0.05) is 24.3 Å². The maximum absolute atomic E-state index is 14.6. The second kappa shape index (κ2) is 38.8. The minimum atomic E-state index is -4.77. The first-order valence-corrected chi connectivity index (χ1v) is 38.1. The van der Waals surface area contributed by atoms with Crippen LogP contribution >= 0.6 is 0 Å². The molecule has 28 aliphatic rings. The van der Waals surface area contributed by atoms with Crippen LogP contribution < -0.4 is 0 Å². The quantitative estimate of drug-likeness (QED) is 0.0862. The SMILES string of the molecule is CO[C@@H]1[C@@H](OC)[C@H]2O[C@H]3[C@H](OC)[C@@H](OC)[C@@H](O[C@H]4[C@H](OC)[C@@H](OC)[C@H]5O[C@H]6[C@H](OC)[C@@H](OC)[C@@H](O[C@H]7[C@H](OC)[C@@H](OC)[C@@H](O[C@H]8[C@H](OC)[C@@H](OC)[C@@H](O[C@H]9[C@H](OC)[C@@H](OC)[C@@H](O[C@@H]1[C@@H](CO)O2)O[C@@H]9CO)O[C@@H]8COS(=O)(=O)c1ccc(cc1)-c1ccc(cc1)S(=O)(=O)OC[C@H]4O5)O[C@@H]7CO)O[C@@H]6CO)O[C@@H]3CO. The Hall–Kier alpha value is -3.06. The van der Waals surface area contributed by atoms with Crippen molar-refractivity contribution in [2.24, 2.45) is 0 Å². The van der Waals surface area contributed by atoms with Gasteiger partial charge in [-0.3, -0.25) is 8.37 Å². The van der Waals surface area contributed by atoms with Gasteiger partial charge < -0.3 is 158 Å². The number of hydrogen-bond acceptors (Lipinski definition) is 39. The molecule has 5 N–H and O–H groups in total. The van der Waals surface area contributed by atoms with E-state index in [1.54, 1.807) is 0 Å². The number of ether oxygens (including phenoxy) is 28. The zero-order chi connectivity index (χ0) is 78.3. The minimum Gasteiger partial charge on any atom is -0.394 e. The van der Waals surface area contributed by atoms with Crippen LogP contribution in [0.5, 0.6) is 0 Å². The van der Waals surface area contributed by atoms with Gasteiger partial charge in [0.25, 0.3) is 20.2 Å². The summed E-state index contributed by atoms with van der Waals surface area (Å²) >= 11 is 0. The number of methoxy groups -OCH3 is 14. The fraction of sp³-hybridized carbons (Fsp3) is 0.824. The molecule has 0 saturated carbocycles. The van der Waals surface area contributed by atoms with Crippen molar-refractivity contribution < 1.29 is 183 Å². The monoisotopic (exact) mass is 1610 g/mol. The van der Waals surface area contributed by atoms with Gasteiger partial charge in [0, 0.05) is 99.5 Å². The Kier molecular flexibility index (Phi) is 30.9. The van der Waals surface area contributed by atoms with E-state index in [0.29, 0.717) is 11.1 Å². The van der Waals surface area contributed by atoms with Crippen LogP contribution in [-0.4, -0.2) is 403 Å².